The molecule has 2 rings (SSSR count). The number of nitrogens with zero attached hydrogens (tertiary/aromatic N) is 1. The first-order valence-electron chi connectivity index (χ1n) is 6.08. The Morgan fingerprint density at radius 3 is 2.95 bits per heavy atom. The fraction of sp³-hybridized carbons (Fsp3) is 0.462. The van der Waals surface area contributed by atoms with Crippen LogP contribution in [-0.4, -0.2) is 43.6 Å². The molecule has 6 heteroatoms. The molecule has 4 nitrogen and oxygen atoms in total. The standard InChI is InChI=1S/C13H16ClIN2O2/c1-8-7-17(4-3-16-8)13(18)9-5-10(14)11(15)6-12(9)19-2/h5-6,8,16H,3-4,7H2,1-2H3. The molecule has 1 aromatic rings. The van der Waals surface area contributed by atoms with Crippen molar-refractivity contribution in [1.29, 1.82) is 0 Å². The van der Waals surface area contributed by atoms with Gasteiger partial charge in [-0.25, -0.2) is 0 Å². The lowest BCUT2D eigenvalue weighted by Gasteiger charge is -2.32. The van der Waals surface area contributed by atoms with Crippen LogP contribution in [0.2, 0.25) is 5.02 Å². The molecule has 0 spiro atoms. The van der Waals surface area contributed by atoms with Crippen LogP contribution in [-0.2, 0) is 0 Å². The zero-order chi connectivity index (χ0) is 14.0. The van der Waals surface area contributed by atoms with Gasteiger partial charge < -0.3 is 15.0 Å². The highest BCUT2D eigenvalue weighted by atomic mass is 127. The van der Waals surface area contributed by atoms with Gasteiger partial charge in [-0.05, 0) is 41.6 Å². The average molecular weight is 395 g/mol. The maximum absolute atomic E-state index is 12.5. The summed E-state index contributed by atoms with van der Waals surface area (Å²) >= 11 is 8.23. The lowest BCUT2D eigenvalue weighted by Crippen LogP contribution is -2.51. The monoisotopic (exact) mass is 394 g/mol. The molecule has 0 radical (unpaired) electrons. The van der Waals surface area contributed by atoms with Crippen LogP contribution in [0.1, 0.15) is 17.3 Å². The van der Waals surface area contributed by atoms with Gasteiger partial charge in [-0.2, -0.15) is 0 Å². The van der Waals surface area contributed by atoms with E-state index in [9.17, 15) is 4.79 Å². The summed E-state index contributed by atoms with van der Waals surface area (Å²) in [5.74, 6) is 0.550. The van der Waals surface area contributed by atoms with E-state index in [0.717, 1.165) is 10.1 Å². The molecule has 1 atom stereocenters. The predicted molar refractivity (Wildman–Crippen MR) is 84.1 cm³/mol. The van der Waals surface area contributed by atoms with Gasteiger partial charge in [0.1, 0.15) is 5.75 Å². The first-order chi connectivity index (χ1) is 9.02. The Labute approximate surface area is 131 Å². The molecule has 1 aliphatic heterocycles. The molecule has 1 fully saturated rings. The van der Waals surface area contributed by atoms with Crippen LogP contribution in [0.5, 0.6) is 5.75 Å². The summed E-state index contributed by atoms with van der Waals surface area (Å²) in [5.41, 5.74) is 0.530. The van der Waals surface area contributed by atoms with E-state index in [0.29, 0.717) is 35.5 Å². The number of hydrogen-bond donors (Lipinski definition) is 1. The van der Waals surface area contributed by atoms with Gasteiger partial charge in [0, 0.05) is 29.2 Å². The molecule has 1 aromatic carbocycles. The third-order valence-corrected chi connectivity index (χ3v) is 4.65. The summed E-state index contributed by atoms with van der Waals surface area (Å²) in [6, 6.07) is 3.79. The molecule has 0 saturated carbocycles. The van der Waals surface area contributed by atoms with Crippen LogP contribution < -0.4 is 10.1 Å². The van der Waals surface area contributed by atoms with Crippen LogP contribution in [0.4, 0.5) is 0 Å². The van der Waals surface area contributed by atoms with Gasteiger partial charge in [-0.15, -0.1) is 0 Å². The molecule has 1 N–H and O–H groups in total. The van der Waals surface area contributed by atoms with Crippen LogP contribution in [0, 0.1) is 3.57 Å². The SMILES string of the molecule is COc1cc(I)c(Cl)cc1C(=O)N1CCNC(C)C1. The Morgan fingerprint density at radius 1 is 1.58 bits per heavy atom. The van der Waals surface area contributed by atoms with Crippen LogP contribution in [0.25, 0.3) is 0 Å². The van der Waals surface area contributed by atoms with Crippen molar-refractivity contribution < 1.29 is 9.53 Å². The number of rotatable bonds is 2. The minimum Gasteiger partial charge on any atom is -0.496 e. The zero-order valence-electron chi connectivity index (χ0n) is 10.9. The minimum atomic E-state index is -0.0245. The van der Waals surface area contributed by atoms with Crippen molar-refractivity contribution >= 4 is 40.1 Å². The number of carbonyl (C=O) groups excluding carboxylic acids is 1. The number of piperazine rings is 1. The van der Waals surface area contributed by atoms with Gasteiger partial charge in [-0.1, -0.05) is 11.6 Å². The Kier molecular flexibility index (Phi) is 4.92. The highest BCUT2D eigenvalue weighted by molar-refractivity contribution is 14.1. The summed E-state index contributed by atoms with van der Waals surface area (Å²) in [5, 5.41) is 3.89. The van der Waals surface area contributed by atoms with Crippen LogP contribution in [0.3, 0.4) is 0 Å². The molecular formula is C13H16ClIN2O2. The number of nitrogens with one attached hydrogen (secondary N) is 1. The van der Waals surface area contributed by atoms with E-state index in [1.807, 2.05) is 4.90 Å². The van der Waals surface area contributed by atoms with E-state index >= 15 is 0 Å². The molecule has 1 heterocycles. The molecule has 0 bridgehead atoms. The molecule has 1 amide bonds. The maximum atomic E-state index is 12.5. The second-order valence-electron chi connectivity index (χ2n) is 4.57. The molecule has 104 valence electrons. The van der Waals surface area contributed by atoms with E-state index in [4.69, 9.17) is 16.3 Å². The number of ether oxygens (including phenoxy) is 1. The van der Waals surface area contributed by atoms with E-state index in [1.54, 1.807) is 19.2 Å². The molecular weight excluding hydrogens is 379 g/mol. The van der Waals surface area contributed by atoms with Crippen molar-refractivity contribution in [1.82, 2.24) is 10.2 Å². The fourth-order valence-corrected chi connectivity index (χ4v) is 2.75. The lowest BCUT2D eigenvalue weighted by atomic mass is 10.1. The van der Waals surface area contributed by atoms with E-state index in [1.165, 1.54) is 0 Å². The Bertz CT molecular complexity index is 496. The second-order valence-corrected chi connectivity index (χ2v) is 6.14. The topological polar surface area (TPSA) is 41.6 Å². The van der Waals surface area contributed by atoms with Gasteiger partial charge in [0.25, 0.3) is 5.91 Å². The first kappa shape index (κ1) is 14.9. The average Bonchev–Trinajstić information content (AvgIpc) is 2.40. The summed E-state index contributed by atoms with van der Waals surface area (Å²) in [6.45, 7) is 4.28. The van der Waals surface area contributed by atoms with Crippen LogP contribution >= 0.6 is 34.2 Å². The number of amides is 1. The number of hydrogen-bond acceptors (Lipinski definition) is 3. The number of carbonyl (C=O) groups is 1. The lowest BCUT2D eigenvalue weighted by molar-refractivity contribution is 0.0705. The third kappa shape index (κ3) is 3.32. The van der Waals surface area contributed by atoms with E-state index in [-0.39, 0.29) is 5.91 Å². The van der Waals surface area contributed by atoms with Gasteiger partial charge in [0.05, 0.1) is 17.7 Å². The van der Waals surface area contributed by atoms with Crippen molar-refractivity contribution in [2.24, 2.45) is 0 Å². The first-order valence-corrected chi connectivity index (χ1v) is 7.54. The van der Waals surface area contributed by atoms with Gasteiger partial charge >= 0.3 is 0 Å². The zero-order valence-corrected chi connectivity index (χ0v) is 13.8. The van der Waals surface area contributed by atoms with Gasteiger partial charge in [0.2, 0.25) is 0 Å². The van der Waals surface area contributed by atoms with Crippen molar-refractivity contribution in [3.05, 3.63) is 26.3 Å². The number of benzene rings is 1. The minimum absolute atomic E-state index is 0.0245. The predicted octanol–water partition coefficient (Wildman–Crippen LogP) is 2.39. The molecule has 0 aliphatic carbocycles. The highest BCUT2D eigenvalue weighted by Crippen LogP contribution is 2.29. The largest absolute Gasteiger partial charge is 0.496 e. The van der Waals surface area contributed by atoms with Gasteiger partial charge in [-0.3, -0.25) is 4.79 Å². The normalized spacial score (nSPS) is 19.4. The summed E-state index contributed by atoms with van der Waals surface area (Å²) in [6.07, 6.45) is 0. The van der Waals surface area contributed by atoms with Crippen molar-refractivity contribution in [3.8, 4) is 5.75 Å². The molecule has 1 aliphatic rings. The van der Waals surface area contributed by atoms with Crippen LogP contribution in [0.15, 0.2) is 12.1 Å². The Hall–Kier alpha value is -0.530. The van der Waals surface area contributed by atoms with E-state index < -0.39 is 0 Å². The van der Waals surface area contributed by atoms with Crippen molar-refractivity contribution in [2.75, 3.05) is 26.7 Å². The Morgan fingerprint density at radius 2 is 2.32 bits per heavy atom. The Balaban J connectivity index is 2.30. The quantitative estimate of drug-likeness (QED) is 0.783. The number of methoxy groups -OCH3 is 1. The van der Waals surface area contributed by atoms with Crippen molar-refractivity contribution in [2.45, 2.75) is 13.0 Å². The van der Waals surface area contributed by atoms with Gasteiger partial charge in [0.15, 0.2) is 0 Å². The number of halogens is 2. The maximum Gasteiger partial charge on any atom is 0.257 e. The molecule has 1 saturated heterocycles. The molecule has 1 unspecified atom stereocenters. The molecule has 19 heavy (non-hydrogen) atoms. The van der Waals surface area contributed by atoms with Crippen molar-refractivity contribution in [3.63, 3.8) is 0 Å². The highest BCUT2D eigenvalue weighted by Gasteiger charge is 2.24. The van der Waals surface area contributed by atoms with E-state index in [2.05, 4.69) is 34.8 Å². The smallest absolute Gasteiger partial charge is 0.257 e. The third-order valence-electron chi connectivity index (χ3n) is 3.13. The summed E-state index contributed by atoms with van der Waals surface area (Å²) < 4.78 is 6.17. The fourth-order valence-electron chi connectivity index (χ4n) is 2.15. The molecule has 0 aromatic heterocycles. The second kappa shape index (κ2) is 6.28. The summed E-state index contributed by atoms with van der Waals surface area (Å²) in [7, 11) is 1.57. The summed E-state index contributed by atoms with van der Waals surface area (Å²) in [4.78, 5) is 14.4.